The van der Waals surface area contributed by atoms with E-state index in [2.05, 4.69) is 25.7 Å². The van der Waals surface area contributed by atoms with Crippen LogP contribution in [0.15, 0.2) is 24.4 Å². The zero-order valence-corrected chi connectivity index (χ0v) is 6.02. The molecule has 0 aromatic heterocycles. The zero-order valence-electron chi connectivity index (χ0n) is 6.02. The van der Waals surface area contributed by atoms with Crippen LogP contribution in [0.25, 0.3) is 0 Å². The maximum atomic E-state index is 3.92. The predicted molar refractivity (Wildman–Crippen MR) is 40.0 cm³/mol. The third kappa shape index (κ3) is 1.15. The first kappa shape index (κ1) is 6.40. The van der Waals surface area contributed by atoms with Gasteiger partial charge in [-0.3, -0.25) is 0 Å². The third-order valence-electron chi connectivity index (χ3n) is 1.99. The summed E-state index contributed by atoms with van der Waals surface area (Å²) in [5.74, 6) is 0.579. The van der Waals surface area contributed by atoms with E-state index in [-0.39, 0.29) is 0 Å². The average molecular weight is 123 g/mol. The number of hydrogen-bond acceptors (Lipinski definition) is 1. The molecule has 0 aromatic rings. The Morgan fingerprint density at radius 1 is 1.56 bits per heavy atom. The van der Waals surface area contributed by atoms with Crippen molar-refractivity contribution in [1.82, 2.24) is 5.32 Å². The van der Waals surface area contributed by atoms with Crippen molar-refractivity contribution in [3.63, 3.8) is 0 Å². The van der Waals surface area contributed by atoms with Crippen LogP contribution in [-0.2, 0) is 0 Å². The fraction of sp³-hybridized carbons (Fsp3) is 0.500. The van der Waals surface area contributed by atoms with E-state index in [0.29, 0.717) is 12.0 Å². The van der Waals surface area contributed by atoms with Crippen LogP contribution in [-0.4, -0.2) is 6.04 Å². The quantitative estimate of drug-likeness (QED) is 0.517. The Morgan fingerprint density at radius 3 is 2.67 bits per heavy atom. The Bertz CT molecular complexity index is 147. The molecular formula is C8H13N. The zero-order chi connectivity index (χ0) is 6.85. The minimum absolute atomic E-state index is 0.544. The Balaban J connectivity index is 2.69. The highest BCUT2D eigenvalue weighted by Gasteiger charge is 2.14. The first-order valence-corrected chi connectivity index (χ1v) is 3.33. The van der Waals surface area contributed by atoms with Gasteiger partial charge in [0.25, 0.3) is 0 Å². The van der Waals surface area contributed by atoms with Crippen LogP contribution in [0.2, 0.25) is 0 Å². The summed E-state index contributed by atoms with van der Waals surface area (Å²) in [6, 6.07) is 0.544. The van der Waals surface area contributed by atoms with E-state index < -0.39 is 0 Å². The molecule has 1 aliphatic heterocycles. The molecule has 50 valence electrons. The summed E-state index contributed by atoms with van der Waals surface area (Å²) in [6.07, 6.45) is 4.00. The van der Waals surface area contributed by atoms with Gasteiger partial charge in [0.2, 0.25) is 0 Å². The summed E-state index contributed by atoms with van der Waals surface area (Å²) in [6.45, 7) is 8.27. The number of allylic oxidation sites excluding steroid dienone is 1. The molecule has 1 N–H and O–H groups in total. The lowest BCUT2D eigenvalue weighted by Crippen LogP contribution is -2.31. The van der Waals surface area contributed by atoms with Crippen molar-refractivity contribution in [2.75, 3.05) is 0 Å². The summed E-state index contributed by atoms with van der Waals surface area (Å²) in [5, 5.41) is 3.22. The van der Waals surface area contributed by atoms with E-state index in [0.717, 1.165) is 0 Å². The van der Waals surface area contributed by atoms with Gasteiger partial charge in [-0.05, 0) is 24.8 Å². The highest BCUT2D eigenvalue weighted by molar-refractivity contribution is 5.21. The molecule has 0 bridgehead atoms. The van der Waals surface area contributed by atoms with Crippen LogP contribution >= 0.6 is 0 Å². The van der Waals surface area contributed by atoms with Crippen LogP contribution in [0.1, 0.15) is 13.8 Å². The molecule has 1 aliphatic rings. The molecule has 0 fully saturated rings. The summed E-state index contributed by atoms with van der Waals surface area (Å²) >= 11 is 0. The molecule has 0 amide bonds. The van der Waals surface area contributed by atoms with Crippen LogP contribution in [0.5, 0.6) is 0 Å². The van der Waals surface area contributed by atoms with Gasteiger partial charge in [0.05, 0.1) is 0 Å². The van der Waals surface area contributed by atoms with E-state index in [1.54, 1.807) is 0 Å². The molecule has 0 saturated carbocycles. The maximum Gasteiger partial charge on any atom is 0.0293 e. The Labute approximate surface area is 56.5 Å². The summed E-state index contributed by atoms with van der Waals surface area (Å²) in [7, 11) is 0. The van der Waals surface area contributed by atoms with E-state index in [9.17, 15) is 0 Å². The Hall–Kier alpha value is -0.720. The van der Waals surface area contributed by atoms with E-state index in [1.807, 2.05) is 12.3 Å². The summed E-state index contributed by atoms with van der Waals surface area (Å²) < 4.78 is 0. The molecule has 1 heterocycles. The molecule has 1 rings (SSSR count). The minimum Gasteiger partial charge on any atom is -0.388 e. The van der Waals surface area contributed by atoms with Gasteiger partial charge in [0.1, 0.15) is 0 Å². The lowest BCUT2D eigenvalue weighted by molar-refractivity contribution is 0.488. The standard InChI is InChI=1S/C8H13N/c1-6-4-5-9-8(3)7(6)2/h4-5,7-9H,1H2,2-3H3. The van der Waals surface area contributed by atoms with Crippen molar-refractivity contribution in [1.29, 1.82) is 0 Å². The smallest absolute Gasteiger partial charge is 0.0293 e. The van der Waals surface area contributed by atoms with Crippen molar-refractivity contribution in [2.24, 2.45) is 5.92 Å². The highest BCUT2D eigenvalue weighted by atomic mass is 14.9. The van der Waals surface area contributed by atoms with Gasteiger partial charge in [-0.2, -0.15) is 0 Å². The second kappa shape index (κ2) is 2.26. The van der Waals surface area contributed by atoms with Gasteiger partial charge in [0, 0.05) is 12.0 Å². The highest BCUT2D eigenvalue weighted by Crippen LogP contribution is 2.16. The fourth-order valence-electron chi connectivity index (χ4n) is 0.924. The normalized spacial score (nSPS) is 34.2. The van der Waals surface area contributed by atoms with Crippen LogP contribution < -0.4 is 5.32 Å². The van der Waals surface area contributed by atoms with E-state index in [1.165, 1.54) is 5.57 Å². The first-order valence-electron chi connectivity index (χ1n) is 3.33. The third-order valence-corrected chi connectivity index (χ3v) is 1.99. The number of hydrogen-bond donors (Lipinski definition) is 1. The monoisotopic (exact) mass is 123 g/mol. The fourth-order valence-corrected chi connectivity index (χ4v) is 0.924. The van der Waals surface area contributed by atoms with Crippen molar-refractivity contribution < 1.29 is 0 Å². The molecular weight excluding hydrogens is 110 g/mol. The predicted octanol–water partition coefficient (Wildman–Crippen LogP) is 1.68. The summed E-state index contributed by atoms with van der Waals surface area (Å²) in [5.41, 5.74) is 1.22. The van der Waals surface area contributed by atoms with Crippen molar-refractivity contribution >= 4 is 0 Å². The topological polar surface area (TPSA) is 12.0 Å². The first-order chi connectivity index (χ1) is 4.22. The molecule has 0 radical (unpaired) electrons. The van der Waals surface area contributed by atoms with Gasteiger partial charge < -0.3 is 5.32 Å². The molecule has 2 atom stereocenters. The second-order valence-corrected chi connectivity index (χ2v) is 2.65. The largest absolute Gasteiger partial charge is 0.388 e. The van der Waals surface area contributed by atoms with Crippen molar-refractivity contribution in [3.05, 3.63) is 24.4 Å². The van der Waals surface area contributed by atoms with Crippen LogP contribution in [0.3, 0.4) is 0 Å². The lowest BCUT2D eigenvalue weighted by Gasteiger charge is -2.24. The Kier molecular flexibility index (Phi) is 1.60. The summed E-state index contributed by atoms with van der Waals surface area (Å²) in [4.78, 5) is 0. The van der Waals surface area contributed by atoms with E-state index >= 15 is 0 Å². The maximum absolute atomic E-state index is 3.92. The molecule has 0 saturated heterocycles. The van der Waals surface area contributed by atoms with Crippen LogP contribution in [0.4, 0.5) is 0 Å². The second-order valence-electron chi connectivity index (χ2n) is 2.65. The van der Waals surface area contributed by atoms with Gasteiger partial charge in [0.15, 0.2) is 0 Å². The molecule has 1 heteroatoms. The lowest BCUT2D eigenvalue weighted by atomic mass is 9.93. The molecule has 2 unspecified atom stereocenters. The van der Waals surface area contributed by atoms with Gasteiger partial charge >= 0.3 is 0 Å². The SMILES string of the molecule is C=C1C=CNC(C)C1C. The average Bonchev–Trinajstić information content (AvgIpc) is 1.83. The van der Waals surface area contributed by atoms with Gasteiger partial charge in [-0.1, -0.05) is 13.5 Å². The molecule has 0 spiro atoms. The molecule has 1 nitrogen and oxygen atoms in total. The minimum atomic E-state index is 0.544. The van der Waals surface area contributed by atoms with Gasteiger partial charge in [-0.15, -0.1) is 0 Å². The number of nitrogens with one attached hydrogen (secondary N) is 1. The van der Waals surface area contributed by atoms with Crippen molar-refractivity contribution in [2.45, 2.75) is 19.9 Å². The van der Waals surface area contributed by atoms with Gasteiger partial charge in [-0.25, -0.2) is 0 Å². The molecule has 0 aliphatic carbocycles. The molecule has 0 aromatic carbocycles. The Morgan fingerprint density at radius 2 is 2.22 bits per heavy atom. The number of rotatable bonds is 0. The van der Waals surface area contributed by atoms with Crippen molar-refractivity contribution in [3.8, 4) is 0 Å². The van der Waals surface area contributed by atoms with E-state index in [4.69, 9.17) is 0 Å². The molecule has 9 heavy (non-hydrogen) atoms. The van der Waals surface area contributed by atoms with Crippen LogP contribution in [0, 0.1) is 5.92 Å².